The van der Waals surface area contributed by atoms with E-state index in [9.17, 15) is 14.3 Å². The summed E-state index contributed by atoms with van der Waals surface area (Å²) < 4.78 is 13.5. The Bertz CT molecular complexity index is 716. The Balaban J connectivity index is 1.80. The molecule has 3 nitrogen and oxygen atoms in total. The summed E-state index contributed by atoms with van der Waals surface area (Å²) >= 11 is 0. The van der Waals surface area contributed by atoms with Crippen LogP contribution in [-0.2, 0) is 11.2 Å². The molecule has 2 aromatic carbocycles. The molecule has 1 fully saturated rings. The lowest BCUT2D eigenvalue weighted by Gasteiger charge is -2.25. The molecule has 0 radical (unpaired) electrons. The summed E-state index contributed by atoms with van der Waals surface area (Å²) in [6, 6.07) is 13.8. The standard InChI is InChI=1S/C19H20FNO2/c1-13-4-2-5-14(8-13)9-19(23)21-12-17(22)11-18(21)15-6-3-7-16(20)10-15/h2-8,10,17-18,22H,9,11-12H2,1H3/t17-,18-/m1/s1. The van der Waals surface area contributed by atoms with E-state index in [0.29, 0.717) is 19.4 Å². The van der Waals surface area contributed by atoms with Gasteiger partial charge in [-0.3, -0.25) is 4.79 Å². The predicted molar refractivity (Wildman–Crippen MR) is 86.4 cm³/mol. The van der Waals surface area contributed by atoms with Gasteiger partial charge < -0.3 is 10.0 Å². The van der Waals surface area contributed by atoms with Crippen LogP contribution < -0.4 is 0 Å². The number of aryl methyl sites for hydroxylation is 1. The highest BCUT2D eigenvalue weighted by atomic mass is 19.1. The first kappa shape index (κ1) is 15.7. The number of β-amino-alcohol motifs (C(OH)–C–C–N with tert-alkyl or cyclic N) is 1. The van der Waals surface area contributed by atoms with Crippen LogP contribution in [0.2, 0.25) is 0 Å². The first-order chi connectivity index (χ1) is 11.0. The molecule has 0 unspecified atom stereocenters. The number of rotatable bonds is 3. The SMILES string of the molecule is Cc1cccc(CC(=O)N2C[C@H](O)C[C@@H]2c2cccc(F)c2)c1. The Labute approximate surface area is 135 Å². The van der Waals surface area contributed by atoms with Crippen molar-refractivity contribution in [1.29, 1.82) is 0 Å². The fourth-order valence-corrected chi connectivity index (χ4v) is 3.22. The van der Waals surface area contributed by atoms with Gasteiger partial charge in [0.25, 0.3) is 0 Å². The number of carbonyl (C=O) groups is 1. The van der Waals surface area contributed by atoms with Crippen molar-refractivity contribution in [2.24, 2.45) is 0 Å². The van der Waals surface area contributed by atoms with Gasteiger partial charge in [-0.25, -0.2) is 4.39 Å². The van der Waals surface area contributed by atoms with Crippen LogP contribution in [-0.4, -0.2) is 28.6 Å². The van der Waals surface area contributed by atoms with Crippen LogP contribution in [0.4, 0.5) is 4.39 Å². The number of likely N-dealkylation sites (tertiary alicyclic amines) is 1. The van der Waals surface area contributed by atoms with Gasteiger partial charge in [0, 0.05) is 6.54 Å². The first-order valence-corrected chi connectivity index (χ1v) is 7.81. The molecule has 0 saturated carbocycles. The van der Waals surface area contributed by atoms with E-state index in [1.54, 1.807) is 17.0 Å². The number of aliphatic hydroxyl groups excluding tert-OH is 1. The molecule has 1 heterocycles. The molecule has 1 N–H and O–H groups in total. The van der Waals surface area contributed by atoms with E-state index >= 15 is 0 Å². The van der Waals surface area contributed by atoms with E-state index in [-0.39, 0.29) is 17.8 Å². The van der Waals surface area contributed by atoms with E-state index < -0.39 is 6.10 Å². The molecule has 4 heteroatoms. The van der Waals surface area contributed by atoms with Gasteiger partial charge in [0.2, 0.25) is 5.91 Å². The van der Waals surface area contributed by atoms with Gasteiger partial charge in [0.1, 0.15) is 5.82 Å². The zero-order chi connectivity index (χ0) is 16.4. The minimum atomic E-state index is -0.565. The summed E-state index contributed by atoms with van der Waals surface area (Å²) in [6.07, 6.45) is 0.174. The molecule has 3 rings (SSSR count). The maximum absolute atomic E-state index is 13.5. The number of amides is 1. The van der Waals surface area contributed by atoms with Crippen molar-refractivity contribution < 1.29 is 14.3 Å². The van der Waals surface area contributed by atoms with Crippen LogP contribution in [0.1, 0.15) is 29.2 Å². The average molecular weight is 313 g/mol. The number of hydrogen-bond donors (Lipinski definition) is 1. The smallest absolute Gasteiger partial charge is 0.227 e. The fraction of sp³-hybridized carbons (Fsp3) is 0.316. The van der Waals surface area contributed by atoms with Crippen LogP contribution in [0, 0.1) is 12.7 Å². The molecule has 23 heavy (non-hydrogen) atoms. The Kier molecular flexibility index (Phi) is 4.44. The molecular formula is C19H20FNO2. The van der Waals surface area contributed by atoms with Crippen molar-refractivity contribution in [3.63, 3.8) is 0 Å². The molecule has 0 spiro atoms. The lowest BCUT2D eigenvalue weighted by Crippen LogP contribution is -2.33. The Hall–Kier alpha value is -2.20. The summed E-state index contributed by atoms with van der Waals surface area (Å²) in [7, 11) is 0. The van der Waals surface area contributed by atoms with Crippen LogP contribution in [0.25, 0.3) is 0 Å². The summed E-state index contributed by atoms with van der Waals surface area (Å²) in [6.45, 7) is 2.29. The molecule has 1 saturated heterocycles. The summed E-state index contributed by atoms with van der Waals surface area (Å²) in [5.41, 5.74) is 2.80. The minimum absolute atomic E-state index is 0.0404. The topological polar surface area (TPSA) is 40.5 Å². The zero-order valence-electron chi connectivity index (χ0n) is 13.1. The van der Waals surface area contributed by atoms with Gasteiger partial charge in [-0.05, 0) is 36.6 Å². The fourth-order valence-electron chi connectivity index (χ4n) is 3.22. The highest BCUT2D eigenvalue weighted by molar-refractivity contribution is 5.79. The van der Waals surface area contributed by atoms with Crippen LogP contribution in [0.3, 0.4) is 0 Å². The Morgan fingerprint density at radius 2 is 2.04 bits per heavy atom. The molecule has 0 bridgehead atoms. The number of carbonyl (C=O) groups excluding carboxylic acids is 1. The third-order valence-electron chi connectivity index (χ3n) is 4.27. The predicted octanol–water partition coefficient (Wildman–Crippen LogP) is 3.01. The van der Waals surface area contributed by atoms with Gasteiger partial charge in [-0.1, -0.05) is 42.0 Å². The molecule has 0 aromatic heterocycles. The van der Waals surface area contributed by atoms with Crippen molar-refractivity contribution in [3.05, 3.63) is 71.0 Å². The Morgan fingerprint density at radius 3 is 2.78 bits per heavy atom. The summed E-state index contributed by atoms with van der Waals surface area (Å²) in [4.78, 5) is 14.3. The third kappa shape index (κ3) is 3.59. The normalized spacial score (nSPS) is 20.7. The highest BCUT2D eigenvalue weighted by Gasteiger charge is 2.35. The van der Waals surface area contributed by atoms with E-state index in [4.69, 9.17) is 0 Å². The van der Waals surface area contributed by atoms with Crippen molar-refractivity contribution in [2.45, 2.75) is 31.9 Å². The van der Waals surface area contributed by atoms with Gasteiger partial charge in [0.05, 0.1) is 18.6 Å². The van der Waals surface area contributed by atoms with Gasteiger partial charge in [-0.2, -0.15) is 0 Å². The average Bonchev–Trinajstić information content (AvgIpc) is 2.89. The van der Waals surface area contributed by atoms with Crippen molar-refractivity contribution in [3.8, 4) is 0 Å². The molecule has 1 aliphatic rings. The molecular weight excluding hydrogens is 293 g/mol. The van der Waals surface area contributed by atoms with Gasteiger partial charge >= 0.3 is 0 Å². The number of halogens is 1. The first-order valence-electron chi connectivity index (χ1n) is 7.81. The molecule has 2 aromatic rings. The second kappa shape index (κ2) is 6.50. The lowest BCUT2D eigenvalue weighted by molar-refractivity contribution is -0.131. The second-order valence-corrected chi connectivity index (χ2v) is 6.17. The largest absolute Gasteiger partial charge is 0.391 e. The number of hydrogen-bond acceptors (Lipinski definition) is 2. The monoisotopic (exact) mass is 313 g/mol. The zero-order valence-corrected chi connectivity index (χ0v) is 13.1. The number of aliphatic hydroxyl groups is 1. The van der Waals surface area contributed by atoms with Gasteiger partial charge in [0.15, 0.2) is 0 Å². The molecule has 1 aliphatic heterocycles. The maximum atomic E-state index is 13.5. The van der Waals surface area contributed by atoms with E-state index in [1.807, 2.05) is 31.2 Å². The molecule has 0 aliphatic carbocycles. The van der Waals surface area contributed by atoms with Crippen LogP contribution in [0.5, 0.6) is 0 Å². The van der Waals surface area contributed by atoms with Crippen molar-refractivity contribution >= 4 is 5.91 Å². The minimum Gasteiger partial charge on any atom is -0.391 e. The molecule has 2 atom stereocenters. The van der Waals surface area contributed by atoms with Gasteiger partial charge in [-0.15, -0.1) is 0 Å². The maximum Gasteiger partial charge on any atom is 0.227 e. The third-order valence-corrected chi connectivity index (χ3v) is 4.27. The lowest BCUT2D eigenvalue weighted by atomic mass is 10.0. The van der Waals surface area contributed by atoms with Crippen molar-refractivity contribution in [2.75, 3.05) is 6.54 Å². The quantitative estimate of drug-likeness (QED) is 0.946. The second-order valence-electron chi connectivity index (χ2n) is 6.17. The van der Waals surface area contributed by atoms with E-state index in [2.05, 4.69) is 0 Å². The van der Waals surface area contributed by atoms with Crippen LogP contribution >= 0.6 is 0 Å². The van der Waals surface area contributed by atoms with Crippen LogP contribution in [0.15, 0.2) is 48.5 Å². The number of benzene rings is 2. The summed E-state index contributed by atoms with van der Waals surface area (Å²) in [5.74, 6) is -0.364. The number of nitrogens with zero attached hydrogens (tertiary/aromatic N) is 1. The van der Waals surface area contributed by atoms with E-state index in [1.165, 1.54) is 12.1 Å². The highest BCUT2D eigenvalue weighted by Crippen LogP contribution is 2.33. The summed E-state index contributed by atoms with van der Waals surface area (Å²) in [5, 5.41) is 9.97. The molecule has 1 amide bonds. The van der Waals surface area contributed by atoms with Crippen molar-refractivity contribution in [1.82, 2.24) is 4.90 Å². The van der Waals surface area contributed by atoms with E-state index in [0.717, 1.165) is 16.7 Å². The Morgan fingerprint density at radius 1 is 1.26 bits per heavy atom. The molecule has 120 valence electrons.